The number of nitrogens with zero attached hydrogens (tertiary/aromatic N) is 3. The molecule has 0 bridgehead atoms. The van der Waals surface area contributed by atoms with E-state index in [9.17, 15) is 0 Å². The first-order chi connectivity index (χ1) is 30.3. The fourth-order valence-electron chi connectivity index (χ4n) is 9.48. The van der Waals surface area contributed by atoms with E-state index < -0.39 is 0 Å². The van der Waals surface area contributed by atoms with E-state index in [1.807, 2.05) is 0 Å². The average Bonchev–Trinajstić information content (AvgIpc) is 3.85. The third-order valence-corrected chi connectivity index (χ3v) is 12.3. The quantitative estimate of drug-likeness (QED) is 0.157. The van der Waals surface area contributed by atoms with Crippen LogP contribution in [-0.2, 0) is 0 Å². The maximum Gasteiger partial charge on any atom is 0.0541 e. The van der Waals surface area contributed by atoms with Crippen LogP contribution in [0.1, 0.15) is 0 Å². The number of anilines is 3. The minimum absolute atomic E-state index is 1.09. The van der Waals surface area contributed by atoms with Crippen molar-refractivity contribution < 1.29 is 0 Å². The van der Waals surface area contributed by atoms with Gasteiger partial charge in [0.25, 0.3) is 0 Å². The summed E-state index contributed by atoms with van der Waals surface area (Å²) in [6, 6.07) is 85.8. The van der Waals surface area contributed by atoms with E-state index >= 15 is 0 Å². The molecule has 61 heavy (non-hydrogen) atoms. The van der Waals surface area contributed by atoms with Gasteiger partial charge in [0.15, 0.2) is 0 Å². The van der Waals surface area contributed by atoms with Gasteiger partial charge in [-0.1, -0.05) is 140 Å². The minimum atomic E-state index is 1.09. The molecule has 3 heteroatoms. The molecule has 0 N–H and O–H groups in total. The molecule has 0 unspecified atom stereocenters. The summed E-state index contributed by atoms with van der Waals surface area (Å²) in [5, 5.41) is 7.52. The zero-order valence-corrected chi connectivity index (χ0v) is 33.4. The molecule has 3 nitrogen and oxygen atoms in total. The lowest BCUT2D eigenvalue weighted by Gasteiger charge is -2.26. The Morgan fingerprint density at radius 2 is 0.705 bits per heavy atom. The fraction of sp³-hybridized carbons (Fsp3) is 0. The number of rotatable bonds is 7. The minimum Gasteiger partial charge on any atom is -0.311 e. The monoisotopic (exact) mass is 777 g/mol. The van der Waals surface area contributed by atoms with Crippen molar-refractivity contribution in [3.63, 3.8) is 0 Å². The normalized spacial score (nSPS) is 11.6. The first-order valence-electron chi connectivity index (χ1n) is 20.9. The Hall–Kier alpha value is -8.14. The molecule has 2 aromatic heterocycles. The van der Waals surface area contributed by atoms with Crippen molar-refractivity contribution in [2.75, 3.05) is 4.90 Å². The Labute approximate surface area is 354 Å². The van der Waals surface area contributed by atoms with Crippen LogP contribution in [-0.4, -0.2) is 9.13 Å². The standard InChI is InChI=1S/C58H39N3/c1-3-16-44(17-4-1)59(46-30-26-40(27-31-46)42-28-36-57-53(38-42)51-21-9-11-24-55(51)60(57)45-18-5-2-6-19-45)47-32-34-48(35-33-47)61-56-25-12-10-22-52(56)54-39-43(29-37-58(54)61)50-23-13-15-41-14-7-8-20-49(41)50/h1-39H. The van der Waals surface area contributed by atoms with Gasteiger partial charge in [0.2, 0.25) is 0 Å². The van der Waals surface area contributed by atoms with E-state index in [0.717, 1.165) is 22.7 Å². The van der Waals surface area contributed by atoms with Crippen LogP contribution in [0.25, 0.3) is 88.0 Å². The van der Waals surface area contributed by atoms with Gasteiger partial charge in [0.1, 0.15) is 0 Å². The number of hydrogen-bond acceptors (Lipinski definition) is 1. The molecule has 0 aliphatic rings. The summed E-state index contributed by atoms with van der Waals surface area (Å²) in [7, 11) is 0. The molecule has 0 amide bonds. The summed E-state index contributed by atoms with van der Waals surface area (Å²) in [4.78, 5) is 2.34. The molecule has 12 aromatic rings. The van der Waals surface area contributed by atoms with Crippen molar-refractivity contribution in [1.29, 1.82) is 0 Å². The molecular formula is C58H39N3. The third kappa shape index (κ3) is 5.82. The number of fused-ring (bicyclic) bond motifs is 7. The summed E-state index contributed by atoms with van der Waals surface area (Å²) in [6.07, 6.45) is 0. The van der Waals surface area contributed by atoms with Gasteiger partial charge >= 0.3 is 0 Å². The number of benzene rings is 10. The smallest absolute Gasteiger partial charge is 0.0541 e. The lowest BCUT2D eigenvalue weighted by Crippen LogP contribution is -2.10. The Morgan fingerprint density at radius 1 is 0.262 bits per heavy atom. The van der Waals surface area contributed by atoms with E-state index in [2.05, 4.69) is 251 Å². The first kappa shape index (κ1) is 34.9. The number of aromatic nitrogens is 2. The molecule has 0 saturated heterocycles. The van der Waals surface area contributed by atoms with Crippen LogP contribution in [0.3, 0.4) is 0 Å². The Bertz CT molecular complexity index is 3560. The van der Waals surface area contributed by atoms with Crippen molar-refractivity contribution >= 4 is 71.4 Å². The van der Waals surface area contributed by atoms with E-state index in [1.54, 1.807) is 0 Å². The predicted octanol–water partition coefficient (Wildman–Crippen LogP) is 15.8. The topological polar surface area (TPSA) is 13.1 Å². The van der Waals surface area contributed by atoms with Crippen LogP contribution in [0.4, 0.5) is 17.1 Å². The summed E-state index contributed by atoms with van der Waals surface area (Å²) < 4.78 is 4.77. The van der Waals surface area contributed by atoms with E-state index in [4.69, 9.17) is 0 Å². The lowest BCUT2D eigenvalue weighted by atomic mass is 9.97. The van der Waals surface area contributed by atoms with E-state index in [1.165, 1.54) is 82.3 Å². The summed E-state index contributed by atoms with van der Waals surface area (Å²) in [5.41, 5.74) is 15.3. The van der Waals surface area contributed by atoms with Crippen LogP contribution in [0.5, 0.6) is 0 Å². The maximum atomic E-state index is 2.40. The second-order valence-electron chi connectivity index (χ2n) is 15.8. The molecule has 10 aromatic carbocycles. The molecule has 0 aliphatic carbocycles. The number of hydrogen-bond donors (Lipinski definition) is 0. The molecule has 0 radical (unpaired) electrons. The largest absolute Gasteiger partial charge is 0.311 e. The fourth-order valence-corrected chi connectivity index (χ4v) is 9.48. The van der Waals surface area contributed by atoms with Crippen molar-refractivity contribution in [1.82, 2.24) is 9.13 Å². The zero-order chi connectivity index (χ0) is 40.3. The van der Waals surface area contributed by atoms with Gasteiger partial charge in [-0.25, -0.2) is 0 Å². The van der Waals surface area contributed by atoms with Gasteiger partial charge in [0, 0.05) is 50.0 Å². The Kier molecular flexibility index (Phi) is 8.17. The third-order valence-electron chi connectivity index (χ3n) is 12.3. The molecule has 0 aliphatic heterocycles. The zero-order valence-electron chi connectivity index (χ0n) is 33.4. The highest BCUT2D eigenvalue weighted by molar-refractivity contribution is 6.12. The van der Waals surface area contributed by atoms with Gasteiger partial charge in [-0.3, -0.25) is 0 Å². The van der Waals surface area contributed by atoms with E-state index in [0.29, 0.717) is 0 Å². The predicted molar refractivity (Wildman–Crippen MR) is 258 cm³/mol. The molecule has 2 heterocycles. The number of para-hydroxylation sites is 4. The van der Waals surface area contributed by atoms with Crippen LogP contribution < -0.4 is 4.90 Å². The molecular weight excluding hydrogens is 739 g/mol. The van der Waals surface area contributed by atoms with Crippen LogP contribution in [0, 0.1) is 0 Å². The van der Waals surface area contributed by atoms with Crippen molar-refractivity contribution in [3.8, 4) is 33.6 Å². The average molecular weight is 778 g/mol. The van der Waals surface area contributed by atoms with Gasteiger partial charge in [0.05, 0.1) is 22.1 Å². The highest BCUT2D eigenvalue weighted by Gasteiger charge is 2.18. The molecule has 286 valence electrons. The molecule has 0 fully saturated rings. The lowest BCUT2D eigenvalue weighted by molar-refractivity contribution is 1.17. The van der Waals surface area contributed by atoms with Crippen LogP contribution in [0.15, 0.2) is 237 Å². The van der Waals surface area contributed by atoms with Gasteiger partial charge in [-0.15, -0.1) is 0 Å². The summed E-state index contributed by atoms with van der Waals surface area (Å²) >= 11 is 0. The summed E-state index contributed by atoms with van der Waals surface area (Å²) in [5.74, 6) is 0. The van der Waals surface area contributed by atoms with Crippen molar-refractivity contribution in [2.24, 2.45) is 0 Å². The molecule has 0 atom stereocenters. The first-order valence-corrected chi connectivity index (χ1v) is 20.9. The van der Waals surface area contributed by atoms with Crippen LogP contribution in [0.2, 0.25) is 0 Å². The molecule has 12 rings (SSSR count). The highest BCUT2D eigenvalue weighted by atomic mass is 15.1. The Balaban J connectivity index is 0.914. The second-order valence-corrected chi connectivity index (χ2v) is 15.8. The van der Waals surface area contributed by atoms with Crippen LogP contribution >= 0.6 is 0 Å². The second kappa shape index (κ2) is 14.3. The van der Waals surface area contributed by atoms with Crippen molar-refractivity contribution in [3.05, 3.63) is 237 Å². The Morgan fingerprint density at radius 3 is 1.36 bits per heavy atom. The van der Waals surface area contributed by atoms with Crippen molar-refractivity contribution in [2.45, 2.75) is 0 Å². The maximum absolute atomic E-state index is 2.40. The SMILES string of the molecule is c1ccc(N(c2ccc(-c3ccc4c(c3)c3ccccc3n4-c3ccccc3)cc2)c2ccc(-n3c4ccccc4c4cc(-c5cccc6ccccc56)ccc43)cc2)cc1. The van der Waals surface area contributed by atoms with Gasteiger partial charge in [-0.05, 0) is 130 Å². The van der Waals surface area contributed by atoms with Gasteiger partial charge in [-0.2, -0.15) is 0 Å². The van der Waals surface area contributed by atoms with Gasteiger partial charge < -0.3 is 14.0 Å². The molecule has 0 spiro atoms. The highest BCUT2D eigenvalue weighted by Crippen LogP contribution is 2.40. The molecule has 0 saturated carbocycles. The van der Waals surface area contributed by atoms with E-state index in [-0.39, 0.29) is 0 Å². The summed E-state index contributed by atoms with van der Waals surface area (Å²) in [6.45, 7) is 0.